The van der Waals surface area contributed by atoms with E-state index in [9.17, 15) is 14.0 Å². The van der Waals surface area contributed by atoms with Crippen molar-refractivity contribution in [2.24, 2.45) is 0 Å². The van der Waals surface area contributed by atoms with Gasteiger partial charge in [0.2, 0.25) is 0 Å². The highest BCUT2D eigenvalue weighted by molar-refractivity contribution is 5.68. The Morgan fingerprint density at radius 3 is 2.82 bits per heavy atom. The zero-order valence-corrected chi connectivity index (χ0v) is 12.9. The van der Waals surface area contributed by atoms with Gasteiger partial charge >= 0.3 is 11.8 Å². The third-order valence-electron chi connectivity index (χ3n) is 3.45. The van der Waals surface area contributed by atoms with E-state index in [1.807, 2.05) is 0 Å². The van der Waals surface area contributed by atoms with Crippen molar-refractivity contribution in [3.63, 3.8) is 0 Å². The molecule has 1 saturated carbocycles. The summed E-state index contributed by atoms with van der Waals surface area (Å²) in [5, 5.41) is 2.77. The van der Waals surface area contributed by atoms with E-state index in [0.29, 0.717) is 19.3 Å². The summed E-state index contributed by atoms with van der Waals surface area (Å²) < 4.78 is 19.9. The third kappa shape index (κ3) is 3.96. The number of rotatable bonds is 2. The summed E-state index contributed by atoms with van der Waals surface area (Å²) >= 11 is 0. The molecule has 3 N–H and O–H groups in total. The van der Waals surface area contributed by atoms with Crippen molar-refractivity contribution in [2.75, 3.05) is 5.73 Å². The third-order valence-corrected chi connectivity index (χ3v) is 3.45. The van der Waals surface area contributed by atoms with Gasteiger partial charge in [0.25, 0.3) is 0 Å². The quantitative estimate of drug-likeness (QED) is 0.864. The van der Waals surface area contributed by atoms with Crippen LogP contribution in [-0.2, 0) is 4.74 Å². The number of hydrogen-bond acceptors (Lipinski definition) is 5. The second-order valence-electron chi connectivity index (χ2n) is 6.47. The van der Waals surface area contributed by atoms with Gasteiger partial charge in [-0.15, -0.1) is 0 Å². The zero-order chi connectivity index (χ0) is 16.5. The maximum atomic E-state index is 13.5. The van der Waals surface area contributed by atoms with E-state index in [2.05, 4.69) is 10.3 Å². The Hall–Kier alpha value is -2.12. The topological polar surface area (TPSA) is 99.2 Å². The minimum absolute atomic E-state index is 0.118. The first-order valence-electron chi connectivity index (χ1n) is 7.19. The van der Waals surface area contributed by atoms with E-state index < -0.39 is 29.0 Å². The number of hydrogen-bond donors (Lipinski definition) is 2. The highest BCUT2D eigenvalue weighted by Crippen LogP contribution is 2.29. The highest BCUT2D eigenvalue weighted by Gasteiger charge is 2.29. The number of alkyl carbamates (subject to hydrolysis) is 1. The van der Waals surface area contributed by atoms with E-state index in [0.717, 1.165) is 6.20 Å². The number of ether oxygens (including phenoxy) is 1. The maximum Gasteiger partial charge on any atom is 0.407 e. The number of nitrogens with zero attached hydrogens (tertiary/aromatic N) is 2. The van der Waals surface area contributed by atoms with Crippen LogP contribution < -0.4 is 16.7 Å². The Balaban J connectivity index is 2.00. The van der Waals surface area contributed by atoms with Crippen LogP contribution >= 0.6 is 0 Å². The van der Waals surface area contributed by atoms with Gasteiger partial charge in [-0.1, -0.05) is 0 Å². The lowest BCUT2D eigenvalue weighted by Gasteiger charge is -2.22. The standard InChI is InChI=1S/C14H21FN4O3/c1-14(2,3)22-13(21)17-8-4-5-9(6-8)19-7-10(15)11(16)18-12(19)20/h7-9H,4-6H2,1-3H3,(H,17,21)(H2,16,18,20)/t8-,9-/m0/s1. The molecule has 0 aliphatic heterocycles. The van der Waals surface area contributed by atoms with Crippen molar-refractivity contribution < 1.29 is 13.9 Å². The van der Waals surface area contributed by atoms with Crippen LogP contribution in [0.2, 0.25) is 0 Å². The van der Waals surface area contributed by atoms with Crippen LogP contribution in [0.15, 0.2) is 11.0 Å². The predicted octanol–water partition coefficient (Wildman–Crippen LogP) is 1.58. The molecule has 1 aliphatic rings. The molecule has 1 aliphatic carbocycles. The summed E-state index contributed by atoms with van der Waals surface area (Å²) in [4.78, 5) is 27.0. The molecule has 1 aromatic rings. The molecule has 0 radical (unpaired) electrons. The summed E-state index contributed by atoms with van der Waals surface area (Å²) in [6.45, 7) is 5.35. The number of carbonyl (C=O) groups excluding carboxylic acids is 1. The fourth-order valence-corrected chi connectivity index (χ4v) is 2.53. The molecule has 122 valence electrons. The Kier molecular flexibility index (Phi) is 4.39. The molecule has 1 amide bonds. The minimum Gasteiger partial charge on any atom is -0.444 e. The Morgan fingerprint density at radius 1 is 1.50 bits per heavy atom. The first-order valence-corrected chi connectivity index (χ1v) is 7.19. The van der Waals surface area contributed by atoms with Gasteiger partial charge in [-0.25, -0.2) is 14.0 Å². The second-order valence-corrected chi connectivity index (χ2v) is 6.47. The number of nitrogen functional groups attached to an aromatic ring is 1. The van der Waals surface area contributed by atoms with Gasteiger partial charge in [0.15, 0.2) is 11.6 Å². The van der Waals surface area contributed by atoms with Crippen molar-refractivity contribution in [1.29, 1.82) is 0 Å². The number of carbonyl (C=O) groups is 1. The second kappa shape index (κ2) is 5.94. The van der Waals surface area contributed by atoms with E-state index in [1.165, 1.54) is 4.57 Å². The summed E-state index contributed by atoms with van der Waals surface area (Å²) in [7, 11) is 0. The van der Waals surface area contributed by atoms with E-state index in [1.54, 1.807) is 20.8 Å². The number of halogens is 1. The molecule has 0 saturated heterocycles. The van der Waals surface area contributed by atoms with Crippen LogP contribution in [-0.4, -0.2) is 27.3 Å². The molecule has 8 heteroatoms. The van der Waals surface area contributed by atoms with Gasteiger partial charge in [-0.05, 0) is 40.0 Å². The van der Waals surface area contributed by atoms with Crippen LogP contribution in [0.25, 0.3) is 0 Å². The van der Waals surface area contributed by atoms with Crippen LogP contribution in [0.3, 0.4) is 0 Å². The Bertz CT molecular complexity index is 623. The van der Waals surface area contributed by atoms with Crippen LogP contribution in [0.5, 0.6) is 0 Å². The van der Waals surface area contributed by atoms with Crippen molar-refractivity contribution in [3.8, 4) is 0 Å². The zero-order valence-electron chi connectivity index (χ0n) is 12.9. The largest absolute Gasteiger partial charge is 0.444 e. The number of nitrogens with two attached hydrogens (primary N) is 1. The molecule has 1 heterocycles. The van der Waals surface area contributed by atoms with Crippen molar-refractivity contribution >= 4 is 11.9 Å². The lowest BCUT2D eigenvalue weighted by atomic mass is 10.2. The van der Waals surface area contributed by atoms with Gasteiger partial charge in [0.1, 0.15) is 5.60 Å². The monoisotopic (exact) mass is 312 g/mol. The van der Waals surface area contributed by atoms with Gasteiger partial charge in [-0.2, -0.15) is 4.98 Å². The highest BCUT2D eigenvalue weighted by atomic mass is 19.1. The number of aromatic nitrogens is 2. The minimum atomic E-state index is -0.719. The molecule has 0 bridgehead atoms. The van der Waals surface area contributed by atoms with Crippen molar-refractivity contribution in [3.05, 3.63) is 22.5 Å². The summed E-state index contributed by atoms with van der Waals surface area (Å²) in [6, 6.07) is -0.331. The molecular weight excluding hydrogens is 291 g/mol. The first-order chi connectivity index (χ1) is 10.2. The molecule has 7 nitrogen and oxygen atoms in total. The lowest BCUT2D eigenvalue weighted by Crippen LogP contribution is -2.38. The maximum absolute atomic E-state index is 13.5. The lowest BCUT2D eigenvalue weighted by molar-refractivity contribution is 0.0504. The van der Waals surface area contributed by atoms with Gasteiger partial charge in [-0.3, -0.25) is 4.57 Å². The predicted molar refractivity (Wildman–Crippen MR) is 78.9 cm³/mol. The molecule has 22 heavy (non-hydrogen) atoms. The molecule has 0 aromatic carbocycles. The normalized spacial score (nSPS) is 21.6. The van der Waals surface area contributed by atoms with Crippen LogP contribution in [0.4, 0.5) is 15.0 Å². The van der Waals surface area contributed by atoms with Gasteiger partial charge in [0, 0.05) is 18.3 Å². The van der Waals surface area contributed by atoms with Crippen LogP contribution in [0, 0.1) is 5.82 Å². The molecule has 1 aromatic heterocycles. The summed E-state index contributed by atoms with van der Waals surface area (Å²) in [5.41, 5.74) is 4.12. The van der Waals surface area contributed by atoms with Gasteiger partial charge in [0.05, 0.1) is 0 Å². The van der Waals surface area contributed by atoms with Crippen molar-refractivity contribution in [1.82, 2.24) is 14.9 Å². The Labute approximate surface area is 127 Å². The first kappa shape index (κ1) is 16.3. The average molecular weight is 312 g/mol. The summed E-state index contributed by atoms with van der Waals surface area (Å²) in [6.07, 6.45) is 2.43. The summed E-state index contributed by atoms with van der Waals surface area (Å²) in [5.74, 6) is -1.12. The smallest absolute Gasteiger partial charge is 0.407 e. The molecular formula is C14H21FN4O3. The van der Waals surface area contributed by atoms with E-state index in [-0.39, 0.29) is 12.1 Å². The van der Waals surface area contributed by atoms with E-state index >= 15 is 0 Å². The SMILES string of the molecule is CC(C)(C)OC(=O)N[C@H]1CC[C@H](n2cc(F)c(N)nc2=O)C1. The van der Waals surface area contributed by atoms with E-state index in [4.69, 9.17) is 10.5 Å². The number of anilines is 1. The molecule has 2 atom stereocenters. The van der Waals surface area contributed by atoms with Gasteiger partial charge < -0.3 is 15.8 Å². The number of amides is 1. The molecule has 2 rings (SSSR count). The molecule has 0 unspecified atom stereocenters. The Morgan fingerprint density at radius 2 is 2.18 bits per heavy atom. The fraction of sp³-hybridized carbons (Fsp3) is 0.643. The number of nitrogens with one attached hydrogen (secondary N) is 1. The fourth-order valence-electron chi connectivity index (χ4n) is 2.53. The van der Waals surface area contributed by atoms with Crippen molar-refractivity contribution in [2.45, 2.75) is 57.7 Å². The molecule has 1 fully saturated rings. The molecule has 0 spiro atoms. The average Bonchev–Trinajstić information content (AvgIpc) is 2.79. The van der Waals surface area contributed by atoms with Crippen LogP contribution in [0.1, 0.15) is 46.1 Å².